The third-order valence-electron chi connectivity index (χ3n) is 5.63. The summed E-state index contributed by atoms with van der Waals surface area (Å²) in [5, 5.41) is 4.45. The molecule has 30 heavy (non-hydrogen) atoms. The molecule has 5 rings (SSSR count). The highest BCUT2D eigenvalue weighted by molar-refractivity contribution is 7.71. The van der Waals surface area contributed by atoms with Crippen molar-refractivity contribution in [2.75, 3.05) is 36.5 Å². The number of halogens is 1. The Balaban J connectivity index is 1.43. The van der Waals surface area contributed by atoms with Crippen molar-refractivity contribution >= 4 is 50.7 Å². The SMILES string of the molecule is O=[SH](=O)Cc1ccc(Nc2ncc3ccnc(N4CCC5(COC5)C4)c3n2)c(Cl)c1. The third-order valence-corrected chi connectivity index (χ3v) is 6.56. The monoisotopic (exact) mass is 445 g/mol. The maximum Gasteiger partial charge on any atom is 0.227 e. The van der Waals surface area contributed by atoms with Crippen molar-refractivity contribution in [2.45, 2.75) is 12.2 Å². The van der Waals surface area contributed by atoms with Gasteiger partial charge in [-0.25, -0.2) is 23.4 Å². The number of nitrogens with zero attached hydrogens (tertiary/aromatic N) is 4. The number of hydrogen-bond donors (Lipinski definition) is 2. The van der Waals surface area contributed by atoms with Gasteiger partial charge in [0.2, 0.25) is 5.95 Å². The maximum absolute atomic E-state index is 10.9. The largest absolute Gasteiger partial charge is 0.380 e. The topological polar surface area (TPSA) is 97.3 Å². The Hall–Kier alpha value is -2.49. The highest BCUT2D eigenvalue weighted by Crippen LogP contribution is 2.40. The Labute approximate surface area is 180 Å². The second kappa shape index (κ2) is 7.64. The first-order valence-corrected chi connectivity index (χ1v) is 11.4. The molecule has 2 saturated heterocycles. The molecule has 2 fully saturated rings. The van der Waals surface area contributed by atoms with Crippen LogP contribution in [0.15, 0.2) is 36.7 Å². The molecule has 156 valence electrons. The van der Waals surface area contributed by atoms with Gasteiger partial charge in [0, 0.05) is 36.3 Å². The van der Waals surface area contributed by atoms with E-state index < -0.39 is 10.7 Å². The number of nitrogens with one attached hydrogen (secondary N) is 1. The molecule has 1 spiro atoms. The van der Waals surface area contributed by atoms with Crippen LogP contribution in [0.4, 0.5) is 17.5 Å². The van der Waals surface area contributed by atoms with Gasteiger partial charge in [0.05, 0.1) is 29.7 Å². The molecule has 8 nitrogen and oxygen atoms in total. The summed E-state index contributed by atoms with van der Waals surface area (Å²) < 4.78 is 27.3. The number of benzene rings is 1. The molecule has 10 heteroatoms. The Morgan fingerprint density at radius 2 is 2.10 bits per heavy atom. The number of thiol groups is 1. The third kappa shape index (κ3) is 3.68. The van der Waals surface area contributed by atoms with Crippen molar-refractivity contribution < 1.29 is 13.2 Å². The van der Waals surface area contributed by atoms with Crippen LogP contribution in [-0.2, 0) is 21.2 Å². The van der Waals surface area contributed by atoms with E-state index in [4.69, 9.17) is 21.3 Å². The Morgan fingerprint density at radius 3 is 2.80 bits per heavy atom. The van der Waals surface area contributed by atoms with Crippen LogP contribution in [0, 0.1) is 5.41 Å². The molecule has 0 bridgehead atoms. The van der Waals surface area contributed by atoms with Crippen molar-refractivity contribution in [3.63, 3.8) is 0 Å². The van der Waals surface area contributed by atoms with Crippen molar-refractivity contribution in [3.05, 3.63) is 47.2 Å². The minimum absolute atomic E-state index is 0.0425. The molecule has 0 amide bonds. The van der Waals surface area contributed by atoms with Crippen LogP contribution in [0.2, 0.25) is 5.02 Å². The lowest BCUT2D eigenvalue weighted by Crippen LogP contribution is -2.44. The number of pyridine rings is 1. The molecular formula is C20H20ClN5O3S. The van der Waals surface area contributed by atoms with Gasteiger partial charge >= 0.3 is 0 Å². The van der Waals surface area contributed by atoms with Crippen LogP contribution in [-0.4, -0.2) is 49.7 Å². The van der Waals surface area contributed by atoms with Gasteiger partial charge in [0.15, 0.2) is 5.82 Å². The van der Waals surface area contributed by atoms with Gasteiger partial charge in [-0.15, -0.1) is 0 Å². The summed E-state index contributed by atoms with van der Waals surface area (Å²) >= 11 is 6.32. The average Bonchev–Trinajstić information content (AvgIpc) is 3.15. The van der Waals surface area contributed by atoms with E-state index in [1.807, 2.05) is 6.07 Å². The summed E-state index contributed by atoms with van der Waals surface area (Å²) in [6.45, 7) is 3.47. The zero-order chi connectivity index (χ0) is 20.7. The first-order chi connectivity index (χ1) is 14.5. The summed E-state index contributed by atoms with van der Waals surface area (Å²) in [5.74, 6) is 1.21. The van der Waals surface area contributed by atoms with Gasteiger partial charge in [-0.3, -0.25) is 0 Å². The van der Waals surface area contributed by atoms with E-state index in [0.29, 0.717) is 22.2 Å². The molecule has 4 heterocycles. The Bertz CT molecular complexity index is 1190. The average molecular weight is 446 g/mol. The minimum atomic E-state index is -2.50. The number of fused-ring (bicyclic) bond motifs is 1. The van der Waals surface area contributed by atoms with E-state index >= 15 is 0 Å². The first-order valence-electron chi connectivity index (χ1n) is 9.63. The van der Waals surface area contributed by atoms with E-state index in [1.54, 1.807) is 30.6 Å². The molecule has 0 radical (unpaired) electrons. The number of hydrogen-bond acceptors (Lipinski definition) is 8. The molecule has 0 saturated carbocycles. The number of aromatic nitrogens is 3. The smallest absolute Gasteiger partial charge is 0.227 e. The zero-order valence-electron chi connectivity index (χ0n) is 16.0. The fourth-order valence-electron chi connectivity index (χ4n) is 4.00. The Morgan fingerprint density at radius 1 is 1.23 bits per heavy atom. The molecule has 2 aliphatic rings. The molecule has 1 N–H and O–H groups in total. The van der Waals surface area contributed by atoms with Crippen LogP contribution >= 0.6 is 11.6 Å². The predicted molar refractivity (Wildman–Crippen MR) is 116 cm³/mol. The number of anilines is 3. The second-order valence-electron chi connectivity index (χ2n) is 7.86. The van der Waals surface area contributed by atoms with Crippen molar-refractivity contribution in [1.82, 2.24) is 15.0 Å². The van der Waals surface area contributed by atoms with Crippen LogP contribution < -0.4 is 10.2 Å². The lowest BCUT2D eigenvalue weighted by atomic mass is 9.85. The maximum atomic E-state index is 10.9. The highest BCUT2D eigenvalue weighted by atomic mass is 35.5. The van der Waals surface area contributed by atoms with E-state index in [9.17, 15) is 8.42 Å². The lowest BCUT2D eigenvalue weighted by Gasteiger charge is -2.37. The molecule has 0 unspecified atom stereocenters. The van der Waals surface area contributed by atoms with Crippen LogP contribution in [0.3, 0.4) is 0 Å². The molecule has 2 aromatic heterocycles. The molecular weight excluding hydrogens is 426 g/mol. The predicted octanol–water partition coefficient (Wildman–Crippen LogP) is 2.76. The zero-order valence-corrected chi connectivity index (χ0v) is 17.7. The normalized spacial score (nSPS) is 17.6. The molecule has 1 aromatic carbocycles. The van der Waals surface area contributed by atoms with Gasteiger partial charge in [0.1, 0.15) is 16.2 Å². The summed E-state index contributed by atoms with van der Waals surface area (Å²) in [5.41, 5.74) is 2.28. The summed E-state index contributed by atoms with van der Waals surface area (Å²) in [7, 11) is -2.50. The quantitative estimate of drug-likeness (QED) is 0.578. The van der Waals surface area contributed by atoms with E-state index in [-0.39, 0.29) is 11.2 Å². The molecule has 2 aliphatic heterocycles. The first kappa shape index (κ1) is 19.5. The van der Waals surface area contributed by atoms with E-state index in [0.717, 1.165) is 49.4 Å². The summed E-state index contributed by atoms with van der Waals surface area (Å²) in [6.07, 6.45) is 4.64. The van der Waals surface area contributed by atoms with Gasteiger partial charge in [-0.1, -0.05) is 17.7 Å². The van der Waals surface area contributed by atoms with Crippen molar-refractivity contribution in [3.8, 4) is 0 Å². The van der Waals surface area contributed by atoms with Crippen LogP contribution in [0.25, 0.3) is 10.9 Å². The highest BCUT2D eigenvalue weighted by Gasteiger charge is 2.45. The summed E-state index contributed by atoms with van der Waals surface area (Å²) in [4.78, 5) is 16.0. The summed E-state index contributed by atoms with van der Waals surface area (Å²) in [6, 6.07) is 6.98. The second-order valence-corrected chi connectivity index (χ2v) is 9.25. The molecule has 0 aliphatic carbocycles. The lowest BCUT2D eigenvalue weighted by molar-refractivity contribution is -0.0985. The van der Waals surface area contributed by atoms with Crippen LogP contribution in [0.1, 0.15) is 12.0 Å². The van der Waals surface area contributed by atoms with E-state index in [2.05, 4.69) is 20.2 Å². The number of ether oxygens (including phenoxy) is 1. The Kier molecular flexibility index (Phi) is 4.96. The molecule has 3 aromatic rings. The van der Waals surface area contributed by atoms with Crippen LogP contribution in [0.5, 0.6) is 0 Å². The fraction of sp³-hybridized carbons (Fsp3) is 0.350. The van der Waals surface area contributed by atoms with Gasteiger partial charge in [-0.2, -0.15) is 0 Å². The van der Waals surface area contributed by atoms with Gasteiger partial charge < -0.3 is 15.0 Å². The molecule has 0 atom stereocenters. The van der Waals surface area contributed by atoms with Crippen molar-refractivity contribution in [2.24, 2.45) is 5.41 Å². The van der Waals surface area contributed by atoms with Crippen molar-refractivity contribution in [1.29, 1.82) is 0 Å². The number of rotatable bonds is 5. The minimum Gasteiger partial charge on any atom is -0.380 e. The fourth-order valence-corrected chi connectivity index (χ4v) is 4.75. The van der Waals surface area contributed by atoms with Gasteiger partial charge in [0.25, 0.3) is 0 Å². The van der Waals surface area contributed by atoms with E-state index in [1.165, 1.54) is 0 Å². The van der Waals surface area contributed by atoms with Gasteiger partial charge in [-0.05, 0) is 30.2 Å². The standard InChI is InChI=1S/C20H20ClN5O3S/c21-15-7-13(9-30(27)28)1-2-16(15)24-19-23-8-14-3-5-22-18(17(14)25-19)26-6-4-20(10-26)11-29-12-20/h1-3,5,7-8,30H,4,6,9-12H2,(H,23,24,25).